The second kappa shape index (κ2) is 8.66. The first-order valence-electron chi connectivity index (χ1n) is 9.12. The summed E-state index contributed by atoms with van der Waals surface area (Å²) in [5, 5.41) is 0. The van der Waals surface area contributed by atoms with Crippen molar-refractivity contribution >= 4 is 15.9 Å². The van der Waals surface area contributed by atoms with Crippen molar-refractivity contribution in [2.24, 2.45) is 0 Å². The van der Waals surface area contributed by atoms with Crippen LogP contribution in [0, 0.1) is 0 Å². The molecule has 150 valence electrons. The van der Waals surface area contributed by atoms with E-state index in [4.69, 9.17) is 14.2 Å². The summed E-state index contributed by atoms with van der Waals surface area (Å²) in [6, 6.07) is 6.14. The van der Waals surface area contributed by atoms with Gasteiger partial charge in [0.1, 0.15) is 0 Å². The zero-order valence-corrected chi connectivity index (χ0v) is 16.3. The van der Waals surface area contributed by atoms with E-state index in [1.807, 2.05) is 0 Å². The second-order valence-corrected chi connectivity index (χ2v) is 8.44. The maximum absolute atomic E-state index is 12.8. The minimum absolute atomic E-state index is 0.0849. The average molecular weight is 398 g/mol. The summed E-state index contributed by atoms with van der Waals surface area (Å²) in [7, 11) is -2.10. The molecule has 2 aliphatic rings. The van der Waals surface area contributed by atoms with E-state index in [2.05, 4.69) is 4.72 Å². The Balaban J connectivity index is 1.63. The highest BCUT2D eigenvalue weighted by molar-refractivity contribution is 7.89. The molecule has 0 radical (unpaired) electrons. The Morgan fingerprint density at radius 1 is 1.26 bits per heavy atom. The zero-order valence-electron chi connectivity index (χ0n) is 15.5. The molecule has 0 atom stereocenters. The number of carbonyl (C=O) groups is 1. The topological polar surface area (TPSA) is 94.2 Å². The summed E-state index contributed by atoms with van der Waals surface area (Å²) in [4.78, 5) is 14.6. The van der Waals surface area contributed by atoms with Crippen molar-refractivity contribution in [1.29, 1.82) is 0 Å². The molecule has 2 fully saturated rings. The number of ether oxygens (including phenoxy) is 3. The Bertz CT molecular complexity index is 751. The lowest BCUT2D eigenvalue weighted by Crippen LogP contribution is -2.47. The van der Waals surface area contributed by atoms with Crippen LogP contribution in [0.15, 0.2) is 29.2 Å². The number of carbonyl (C=O) groups excluding carboxylic acids is 1. The Kier molecular flexibility index (Phi) is 6.48. The number of benzene rings is 1. The average Bonchev–Trinajstić information content (AvgIpc) is 3.13. The summed E-state index contributed by atoms with van der Waals surface area (Å²) in [6.45, 7) is 2.97. The van der Waals surface area contributed by atoms with E-state index in [0.29, 0.717) is 57.7 Å². The number of methoxy groups -OCH3 is 1. The second-order valence-electron chi connectivity index (χ2n) is 6.67. The zero-order chi connectivity index (χ0) is 19.3. The van der Waals surface area contributed by atoms with Crippen molar-refractivity contribution in [2.75, 3.05) is 46.6 Å². The molecule has 2 saturated heterocycles. The largest absolute Gasteiger partial charge is 0.385 e. The lowest BCUT2D eigenvalue weighted by Gasteiger charge is -2.37. The van der Waals surface area contributed by atoms with Crippen molar-refractivity contribution in [1.82, 2.24) is 9.62 Å². The molecule has 2 aliphatic heterocycles. The number of likely N-dealkylation sites (tertiary alicyclic amines) is 1. The van der Waals surface area contributed by atoms with E-state index in [9.17, 15) is 13.2 Å². The Labute approximate surface area is 159 Å². The number of sulfonamides is 1. The molecule has 1 N–H and O–H groups in total. The van der Waals surface area contributed by atoms with Crippen LogP contribution in [0.2, 0.25) is 0 Å². The van der Waals surface area contributed by atoms with Crippen LogP contribution in [-0.4, -0.2) is 71.6 Å². The van der Waals surface area contributed by atoms with Crippen molar-refractivity contribution in [3.8, 4) is 0 Å². The number of hydrogen-bond acceptors (Lipinski definition) is 6. The Morgan fingerprint density at radius 2 is 1.96 bits per heavy atom. The standard InChI is InChI=1S/C18H26N2O6S/c1-24-11-3-8-19-27(22,23)16-5-2-4-15(14-16)17(21)20-9-6-18(7-10-20)25-12-13-26-18/h2,4-5,14,19H,3,6-13H2,1H3. The summed E-state index contributed by atoms with van der Waals surface area (Å²) in [5.41, 5.74) is 0.360. The van der Waals surface area contributed by atoms with Crippen LogP contribution in [0.5, 0.6) is 0 Å². The minimum atomic E-state index is -3.66. The first-order valence-corrected chi connectivity index (χ1v) is 10.6. The molecule has 1 aromatic rings. The summed E-state index contributed by atoms with van der Waals surface area (Å²) < 4.78 is 43.6. The maximum Gasteiger partial charge on any atom is 0.253 e. The van der Waals surface area contributed by atoms with E-state index in [-0.39, 0.29) is 17.3 Å². The first-order chi connectivity index (χ1) is 13.0. The summed E-state index contributed by atoms with van der Waals surface area (Å²) >= 11 is 0. The highest BCUT2D eigenvalue weighted by Gasteiger charge is 2.40. The van der Waals surface area contributed by atoms with Crippen LogP contribution in [0.25, 0.3) is 0 Å². The molecule has 0 bridgehead atoms. The predicted octanol–water partition coefficient (Wildman–Crippen LogP) is 0.981. The van der Waals surface area contributed by atoms with Crippen molar-refractivity contribution in [2.45, 2.75) is 29.9 Å². The molecule has 3 rings (SSSR count). The molecule has 27 heavy (non-hydrogen) atoms. The fourth-order valence-electron chi connectivity index (χ4n) is 3.32. The van der Waals surface area contributed by atoms with Gasteiger partial charge in [0, 0.05) is 51.8 Å². The number of nitrogens with zero attached hydrogens (tertiary/aromatic N) is 1. The van der Waals surface area contributed by atoms with Gasteiger partial charge in [-0.2, -0.15) is 0 Å². The van der Waals surface area contributed by atoms with Crippen LogP contribution >= 0.6 is 0 Å². The van der Waals surface area contributed by atoms with Crippen LogP contribution in [0.1, 0.15) is 29.6 Å². The smallest absolute Gasteiger partial charge is 0.253 e. The minimum Gasteiger partial charge on any atom is -0.385 e. The summed E-state index contributed by atoms with van der Waals surface area (Å²) in [5.74, 6) is -0.729. The van der Waals surface area contributed by atoms with Gasteiger partial charge in [0.2, 0.25) is 10.0 Å². The molecule has 0 unspecified atom stereocenters. The lowest BCUT2D eigenvalue weighted by atomic mass is 10.0. The normalized spacial score (nSPS) is 19.5. The molecule has 0 aromatic heterocycles. The van der Waals surface area contributed by atoms with Gasteiger partial charge >= 0.3 is 0 Å². The number of piperidine rings is 1. The van der Waals surface area contributed by atoms with Crippen LogP contribution in [-0.2, 0) is 24.2 Å². The van der Waals surface area contributed by atoms with E-state index in [1.54, 1.807) is 24.1 Å². The van der Waals surface area contributed by atoms with E-state index >= 15 is 0 Å². The van der Waals surface area contributed by atoms with Gasteiger partial charge in [-0.3, -0.25) is 4.79 Å². The van der Waals surface area contributed by atoms with Crippen LogP contribution in [0.3, 0.4) is 0 Å². The van der Waals surface area contributed by atoms with Gasteiger partial charge in [-0.1, -0.05) is 6.07 Å². The van der Waals surface area contributed by atoms with E-state index in [0.717, 1.165) is 0 Å². The third-order valence-corrected chi connectivity index (χ3v) is 6.29. The molecular weight excluding hydrogens is 372 g/mol. The van der Waals surface area contributed by atoms with Gasteiger partial charge in [-0.05, 0) is 24.6 Å². The maximum atomic E-state index is 12.8. The third kappa shape index (κ3) is 4.85. The van der Waals surface area contributed by atoms with E-state index in [1.165, 1.54) is 12.1 Å². The molecule has 1 aromatic carbocycles. The number of hydrogen-bond donors (Lipinski definition) is 1. The molecule has 1 spiro atoms. The highest BCUT2D eigenvalue weighted by atomic mass is 32.2. The van der Waals surface area contributed by atoms with Gasteiger partial charge in [0.05, 0.1) is 18.1 Å². The lowest BCUT2D eigenvalue weighted by molar-refractivity contribution is -0.181. The molecule has 2 heterocycles. The molecule has 0 aliphatic carbocycles. The Morgan fingerprint density at radius 3 is 2.63 bits per heavy atom. The third-order valence-electron chi connectivity index (χ3n) is 4.83. The fraction of sp³-hybridized carbons (Fsp3) is 0.611. The van der Waals surface area contributed by atoms with Gasteiger partial charge in [-0.15, -0.1) is 0 Å². The van der Waals surface area contributed by atoms with Gasteiger partial charge < -0.3 is 19.1 Å². The fourth-order valence-corrected chi connectivity index (χ4v) is 4.44. The molecule has 9 heteroatoms. The Hall–Kier alpha value is -1.52. The number of nitrogens with one attached hydrogen (secondary N) is 1. The monoisotopic (exact) mass is 398 g/mol. The predicted molar refractivity (Wildman–Crippen MR) is 97.9 cm³/mol. The van der Waals surface area contributed by atoms with Crippen LogP contribution < -0.4 is 4.72 Å². The molecular formula is C18H26N2O6S. The number of amides is 1. The van der Waals surface area contributed by atoms with E-state index < -0.39 is 15.8 Å². The first kappa shape index (κ1) is 20.2. The van der Waals surface area contributed by atoms with Gasteiger partial charge in [-0.25, -0.2) is 13.1 Å². The number of rotatable bonds is 7. The molecule has 8 nitrogen and oxygen atoms in total. The molecule has 0 saturated carbocycles. The van der Waals surface area contributed by atoms with Crippen LogP contribution in [0.4, 0.5) is 0 Å². The van der Waals surface area contributed by atoms with Crippen molar-refractivity contribution in [3.05, 3.63) is 29.8 Å². The van der Waals surface area contributed by atoms with Crippen molar-refractivity contribution < 1.29 is 27.4 Å². The SMILES string of the molecule is COCCCNS(=O)(=O)c1cccc(C(=O)N2CCC3(CC2)OCCO3)c1. The molecule has 1 amide bonds. The summed E-state index contributed by atoms with van der Waals surface area (Å²) in [6.07, 6.45) is 1.82. The van der Waals surface area contributed by atoms with Crippen molar-refractivity contribution in [3.63, 3.8) is 0 Å². The quantitative estimate of drug-likeness (QED) is 0.688. The van der Waals surface area contributed by atoms with Gasteiger partial charge in [0.15, 0.2) is 5.79 Å². The highest BCUT2D eigenvalue weighted by Crippen LogP contribution is 2.31. The van der Waals surface area contributed by atoms with Gasteiger partial charge in [0.25, 0.3) is 5.91 Å².